The predicted molar refractivity (Wildman–Crippen MR) is 335 cm³/mol. The summed E-state index contributed by atoms with van der Waals surface area (Å²) >= 11 is 9.46. The number of carbonyl (C=O) groups is 1. The number of fused-ring (bicyclic) bond motifs is 1. The maximum absolute atomic E-state index is 13.2. The fourth-order valence-electron chi connectivity index (χ4n) is 6.72. The Hall–Kier alpha value is -0.883. The van der Waals surface area contributed by atoms with Crippen LogP contribution in [-0.2, 0) is 180 Å². The molecule has 1 fully saturated rings. The van der Waals surface area contributed by atoms with E-state index in [0.717, 1.165) is 27.8 Å². The molecule has 13 nitrogen and oxygen atoms in total. The van der Waals surface area contributed by atoms with Gasteiger partial charge in [0.15, 0.2) is 31.8 Å². The van der Waals surface area contributed by atoms with E-state index in [1.165, 1.54) is 24.1 Å². The second-order valence-corrected chi connectivity index (χ2v) is 47.4. The van der Waals surface area contributed by atoms with E-state index >= 15 is 0 Å². The summed E-state index contributed by atoms with van der Waals surface area (Å²) in [6, 6.07) is 26.2. The second-order valence-electron chi connectivity index (χ2n) is 17.1. The van der Waals surface area contributed by atoms with Crippen LogP contribution in [0.4, 0.5) is 5.95 Å². The molecule has 5 aromatic rings. The van der Waals surface area contributed by atoms with Gasteiger partial charge < -0.3 is 13.9 Å². The van der Waals surface area contributed by atoms with E-state index in [4.69, 9.17) is 40.8 Å². The summed E-state index contributed by atoms with van der Waals surface area (Å²) in [6.07, 6.45) is -2.70. The molecule has 1 aliphatic heterocycles. The maximum Gasteiger partial charge on any atom is 0.695 e. The Morgan fingerprint density at radius 3 is 1.76 bits per heavy atom. The number of carbonyl (C=O) groups excluding carboxylic acids is 1. The van der Waals surface area contributed by atoms with Crippen LogP contribution in [0.25, 0.3) is 11.2 Å². The molecule has 3 heterocycles. The SMILES string of the molecule is Cc1ccc(C(OC[C@H]2O[C@@H](n3cnc4c(=O)[nH]c(NC(=O)C(C)C)nc43)[C@@H](O[Si](C)(C)C(C)(C)C)C2O[P+](=O)O)(c2ccccc2)c2ccc(C)cc2)cc1.S=S=S=S=S=S=S=S=S=S=S=S=S=S=S=S. The minimum absolute atomic E-state index is 0.00876. The van der Waals surface area contributed by atoms with Gasteiger partial charge in [0.2, 0.25) is 11.9 Å². The van der Waals surface area contributed by atoms with Crippen molar-refractivity contribution in [3.8, 4) is 0 Å². The molecule has 3 N–H and O–H groups in total. The molecule has 2 unspecified atom stereocenters. The number of hydrogen-bond donors (Lipinski definition) is 3. The number of H-pyrrole nitrogens is 1. The van der Waals surface area contributed by atoms with E-state index in [1.807, 2.05) is 92.7 Å². The van der Waals surface area contributed by atoms with Crippen molar-refractivity contribution >= 4 is 186 Å². The predicted octanol–water partition coefficient (Wildman–Crippen LogP) is 7.62. The summed E-state index contributed by atoms with van der Waals surface area (Å²) < 4.78 is 41.1. The molecule has 0 bridgehead atoms. The quantitative estimate of drug-likeness (QED) is 0.0601. The molecule has 31 heteroatoms. The highest BCUT2D eigenvalue weighted by Gasteiger charge is 2.56. The number of nitrogens with one attached hydrogen (secondary N) is 2. The van der Waals surface area contributed by atoms with Crippen molar-refractivity contribution in [3.63, 3.8) is 0 Å². The van der Waals surface area contributed by atoms with Crippen molar-refractivity contribution in [1.82, 2.24) is 19.5 Å². The first-order chi connectivity index (χ1) is 34.3. The topological polar surface area (TPSA) is 167 Å². The summed E-state index contributed by atoms with van der Waals surface area (Å²) in [5.74, 6) is -0.766. The first kappa shape index (κ1) is 62.0. The van der Waals surface area contributed by atoms with Crippen LogP contribution in [0.3, 0.4) is 0 Å². The number of ether oxygens (including phenoxy) is 2. The van der Waals surface area contributed by atoms with E-state index in [1.54, 1.807) is 125 Å². The van der Waals surface area contributed by atoms with Crippen LogP contribution in [0.5, 0.6) is 0 Å². The molecule has 1 saturated heterocycles. The second kappa shape index (κ2) is 30.3. The monoisotopic (exact) mass is 1310 g/mol. The lowest BCUT2D eigenvalue weighted by Crippen LogP contribution is -2.49. The van der Waals surface area contributed by atoms with Crippen LogP contribution < -0.4 is 10.9 Å². The number of aromatic amines is 1. The number of aromatic nitrogens is 4. The third kappa shape index (κ3) is 17.6. The number of nitrogens with zero attached hydrogens (tertiary/aromatic N) is 3. The largest absolute Gasteiger partial charge is 0.695 e. The van der Waals surface area contributed by atoms with Crippen LogP contribution in [0, 0.1) is 19.8 Å². The summed E-state index contributed by atoms with van der Waals surface area (Å²) in [6.45, 7) is 17.8. The Morgan fingerprint density at radius 2 is 1.31 bits per heavy atom. The molecule has 0 radical (unpaired) electrons. The van der Waals surface area contributed by atoms with E-state index in [0.29, 0.717) is 0 Å². The lowest BCUT2D eigenvalue weighted by Gasteiger charge is -2.40. The molecule has 0 aliphatic carbocycles. The van der Waals surface area contributed by atoms with Crippen molar-refractivity contribution in [2.75, 3.05) is 11.9 Å². The highest BCUT2D eigenvalue weighted by atomic mass is 33.5. The molecule has 0 saturated carbocycles. The number of anilines is 1. The Labute approximate surface area is 470 Å². The van der Waals surface area contributed by atoms with Gasteiger partial charge in [-0.3, -0.25) is 24.5 Å². The fourth-order valence-corrected chi connectivity index (χ4v) is 41.4. The highest BCUT2D eigenvalue weighted by Crippen LogP contribution is 2.47. The Kier molecular flexibility index (Phi) is 26.1. The molecule has 3 aromatic carbocycles. The van der Waals surface area contributed by atoms with Gasteiger partial charge in [0, 0.05) is 157 Å². The molecule has 0 spiro atoms. The number of benzene rings is 3. The molecule has 6 rings (SSSR count). The van der Waals surface area contributed by atoms with Gasteiger partial charge in [-0.05, 0) is 48.7 Å². The van der Waals surface area contributed by atoms with E-state index < -0.39 is 52.3 Å². The Morgan fingerprint density at radius 1 is 0.819 bits per heavy atom. The smallest absolute Gasteiger partial charge is 0.406 e. The number of rotatable bonds is 13. The first-order valence-electron chi connectivity index (χ1n) is 21.2. The zero-order valence-corrected chi connectivity index (χ0v) is 54.8. The van der Waals surface area contributed by atoms with Crippen LogP contribution in [0.15, 0.2) is 90.0 Å². The average Bonchev–Trinajstić information content (AvgIpc) is 3.91. The minimum Gasteiger partial charge on any atom is -0.406 e. The molecule has 1 aliphatic rings. The highest BCUT2D eigenvalue weighted by molar-refractivity contribution is 8.77. The summed E-state index contributed by atoms with van der Waals surface area (Å²) in [5.41, 5.74) is 3.18. The molecule has 2 aromatic heterocycles. The van der Waals surface area contributed by atoms with Crippen molar-refractivity contribution in [3.05, 3.63) is 123 Å². The van der Waals surface area contributed by atoms with Crippen LogP contribution in [-0.4, -0.2) is 63.6 Å². The van der Waals surface area contributed by atoms with Gasteiger partial charge in [0.1, 0.15) is 17.8 Å². The van der Waals surface area contributed by atoms with Crippen molar-refractivity contribution in [1.29, 1.82) is 0 Å². The minimum atomic E-state index is -3.14. The molecular weight excluding hydrogens is 1260 g/mol. The molecule has 1 amide bonds. The standard InChI is InChI=1S/C41H50N5O8PSi.S16/c1-25(2)36(47)44-39-43-35-32(37(48)45-39)42-24-46(35)38-34(54-56(8,9)40(5,6)7)33(53-55(49)50)31(52-38)23-51-41(28-13-11-10-12-14-28,29-19-15-26(3)16-20-29)30-21-17-27(4)18-22-30;1-3-5-7-9-11-13-15-16-14-12-10-8-6-4-2/h10-22,24-25,31,33-34,38H,23H2,1-9H3,(H2-,43,44,45,47,48,49,50);/p+1/t31-,33?,34+,38-;/m1./s1. The van der Waals surface area contributed by atoms with Gasteiger partial charge in [0.05, 0.1) is 12.9 Å². The van der Waals surface area contributed by atoms with Gasteiger partial charge in [-0.2, -0.15) is 4.98 Å². The number of amides is 1. The van der Waals surface area contributed by atoms with Gasteiger partial charge >= 0.3 is 8.25 Å². The van der Waals surface area contributed by atoms with Crippen LogP contribution in [0.1, 0.15) is 68.7 Å². The van der Waals surface area contributed by atoms with E-state index in [-0.39, 0.29) is 40.6 Å². The summed E-state index contributed by atoms with van der Waals surface area (Å²) in [7, 11) is 17.7. The van der Waals surface area contributed by atoms with E-state index in [9.17, 15) is 19.0 Å². The Balaban J connectivity index is 0.000000517. The number of imidazole rings is 1. The van der Waals surface area contributed by atoms with Gasteiger partial charge in [-0.25, -0.2) is 4.98 Å². The lowest BCUT2D eigenvalue weighted by atomic mass is 9.79. The summed E-state index contributed by atoms with van der Waals surface area (Å²) in [5, 5.41) is 2.38. The van der Waals surface area contributed by atoms with Crippen molar-refractivity contribution in [2.24, 2.45) is 5.92 Å². The third-order valence-electron chi connectivity index (χ3n) is 11.1. The zero-order chi connectivity index (χ0) is 52.5. The molecular formula is C41H51N5O8PS16Si+. The number of aryl methyl sites for hydroxylation is 2. The molecule has 72 heavy (non-hydrogen) atoms. The van der Waals surface area contributed by atoms with Crippen LogP contribution >= 0.6 is 8.25 Å². The molecule has 392 valence electrons. The number of hydrogen-bond acceptors (Lipinski definition) is 11. The van der Waals surface area contributed by atoms with Gasteiger partial charge in [-0.15, -0.1) is 9.42 Å². The van der Waals surface area contributed by atoms with E-state index in [2.05, 4.69) is 54.1 Å². The normalized spacial score (nSPS) is 16.7. The lowest BCUT2D eigenvalue weighted by molar-refractivity contribution is -0.118. The Bertz CT molecular complexity index is 3350. The van der Waals surface area contributed by atoms with Crippen molar-refractivity contribution < 1.29 is 32.7 Å². The fraction of sp³-hybridized carbons (Fsp3) is 0.415. The zero-order valence-electron chi connectivity index (χ0n) is 39.8. The molecule has 5 atom stereocenters. The van der Waals surface area contributed by atoms with Crippen LogP contribution in [0.2, 0.25) is 18.1 Å². The summed E-state index contributed by atoms with van der Waals surface area (Å²) in [4.78, 5) is 47.7. The van der Waals surface area contributed by atoms with Gasteiger partial charge in [0.25, 0.3) is 5.56 Å². The average molecular weight is 1310 g/mol. The van der Waals surface area contributed by atoms with Crippen molar-refractivity contribution in [2.45, 2.75) is 96.7 Å². The maximum atomic E-state index is 13.2. The third-order valence-corrected chi connectivity index (χ3v) is 44.9. The van der Waals surface area contributed by atoms with Gasteiger partial charge in [-0.1, -0.05) is 125 Å². The first-order valence-corrected chi connectivity index (χ1v) is 45.2.